The van der Waals surface area contributed by atoms with Crippen molar-refractivity contribution in [3.63, 3.8) is 0 Å². The summed E-state index contributed by atoms with van der Waals surface area (Å²) in [5.74, 6) is 0. The summed E-state index contributed by atoms with van der Waals surface area (Å²) >= 11 is 6.01. The molecular weight excluding hydrogens is 352 g/mol. The van der Waals surface area contributed by atoms with Gasteiger partial charge in [0.1, 0.15) is 0 Å². The number of aromatic nitrogens is 4. The number of benzene rings is 1. The molecule has 1 N–H and O–H groups in total. The Kier molecular flexibility index (Phi) is 4.22. The van der Waals surface area contributed by atoms with Crippen molar-refractivity contribution < 1.29 is 5.11 Å². The van der Waals surface area contributed by atoms with Gasteiger partial charge in [-0.25, -0.2) is 9.50 Å². The van der Waals surface area contributed by atoms with E-state index in [1.54, 1.807) is 16.9 Å². The van der Waals surface area contributed by atoms with Gasteiger partial charge in [0.25, 0.3) is 5.56 Å². The first kappa shape index (κ1) is 16.8. The van der Waals surface area contributed by atoms with Crippen LogP contribution in [0.5, 0.6) is 0 Å². The average molecular weight is 369 g/mol. The van der Waals surface area contributed by atoms with E-state index >= 15 is 0 Å². The van der Waals surface area contributed by atoms with Gasteiger partial charge < -0.3 is 9.67 Å². The predicted octanol–water partition coefficient (Wildman–Crippen LogP) is 2.92. The smallest absolute Gasteiger partial charge is 0.261 e. The van der Waals surface area contributed by atoms with E-state index < -0.39 is 0 Å². The summed E-state index contributed by atoms with van der Waals surface area (Å²) in [6, 6.07) is 9.41. The van der Waals surface area contributed by atoms with E-state index in [9.17, 15) is 4.79 Å². The van der Waals surface area contributed by atoms with Crippen LogP contribution in [0.25, 0.3) is 27.7 Å². The van der Waals surface area contributed by atoms with Gasteiger partial charge in [-0.2, -0.15) is 5.10 Å². The van der Waals surface area contributed by atoms with Gasteiger partial charge in [-0.1, -0.05) is 30.7 Å². The van der Waals surface area contributed by atoms with Crippen molar-refractivity contribution in [1.82, 2.24) is 19.2 Å². The van der Waals surface area contributed by atoms with Crippen molar-refractivity contribution in [2.75, 3.05) is 6.61 Å². The zero-order valence-corrected chi connectivity index (χ0v) is 14.9. The van der Waals surface area contributed by atoms with Gasteiger partial charge >= 0.3 is 0 Å². The fourth-order valence-electron chi connectivity index (χ4n) is 3.20. The number of pyridine rings is 1. The van der Waals surface area contributed by atoms with Crippen LogP contribution in [0.1, 0.15) is 12.6 Å². The summed E-state index contributed by atoms with van der Waals surface area (Å²) in [5, 5.41) is 14.9. The second-order valence-corrected chi connectivity index (χ2v) is 6.45. The van der Waals surface area contributed by atoms with Gasteiger partial charge in [0.05, 0.1) is 23.2 Å². The van der Waals surface area contributed by atoms with E-state index in [2.05, 4.69) is 4.98 Å². The molecule has 26 heavy (non-hydrogen) atoms. The molecule has 0 radical (unpaired) electrons. The molecular formula is C19H17ClN4O2. The summed E-state index contributed by atoms with van der Waals surface area (Å²) in [4.78, 5) is 17.1. The lowest BCUT2D eigenvalue weighted by molar-refractivity contribution is 0.274. The lowest BCUT2D eigenvalue weighted by Gasteiger charge is -2.06. The van der Waals surface area contributed by atoms with Gasteiger partial charge in [0.15, 0.2) is 5.65 Å². The van der Waals surface area contributed by atoms with Gasteiger partial charge in [-0.05, 0) is 30.2 Å². The van der Waals surface area contributed by atoms with Crippen molar-refractivity contribution >= 4 is 28.2 Å². The van der Waals surface area contributed by atoms with Crippen LogP contribution in [0.3, 0.4) is 0 Å². The zero-order chi connectivity index (χ0) is 18.3. The quantitative estimate of drug-likeness (QED) is 0.601. The Bertz CT molecular complexity index is 1160. The Balaban J connectivity index is 2.03. The van der Waals surface area contributed by atoms with Crippen molar-refractivity contribution in [3.8, 4) is 11.1 Å². The molecule has 0 saturated heterocycles. The number of hydrogen-bond donors (Lipinski definition) is 1. The maximum absolute atomic E-state index is 12.6. The van der Waals surface area contributed by atoms with Crippen LogP contribution in [0.2, 0.25) is 5.02 Å². The minimum absolute atomic E-state index is 0.0937. The zero-order valence-electron chi connectivity index (χ0n) is 14.2. The lowest BCUT2D eigenvalue weighted by atomic mass is 10.0. The first-order valence-electron chi connectivity index (χ1n) is 8.40. The number of aliphatic hydroxyl groups is 1. The number of fused-ring (bicyclic) bond motifs is 3. The van der Waals surface area contributed by atoms with Gasteiger partial charge in [-0.3, -0.25) is 4.79 Å². The summed E-state index contributed by atoms with van der Waals surface area (Å²) in [5.41, 5.74) is 4.06. The summed E-state index contributed by atoms with van der Waals surface area (Å²) < 4.78 is 3.20. The molecule has 3 heterocycles. The van der Waals surface area contributed by atoms with Crippen LogP contribution in [0, 0.1) is 0 Å². The molecule has 6 nitrogen and oxygen atoms in total. The van der Waals surface area contributed by atoms with Crippen molar-refractivity contribution in [2.45, 2.75) is 19.9 Å². The monoisotopic (exact) mass is 368 g/mol. The number of halogens is 1. The third kappa shape index (κ3) is 2.58. The molecule has 1 aromatic carbocycles. The minimum atomic E-state index is -0.187. The molecule has 0 bridgehead atoms. The molecule has 0 unspecified atom stereocenters. The highest BCUT2D eigenvalue weighted by Crippen LogP contribution is 2.30. The second kappa shape index (κ2) is 6.55. The molecule has 3 aromatic heterocycles. The van der Waals surface area contributed by atoms with E-state index in [1.807, 2.05) is 37.3 Å². The fourth-order valence-corrected chi connectivity index (χ4v) is 3.32. The number of nitrogens with zero attached hydrogens (tertiary/aromatic N) is 4. The van der Waals surface area contributed by atoms with Crippen LogP contribution in [0.4, 0.5) is 0 Å². The van der Waals surface area contributed by atoms with Crippen LogP contribution in [0.15, 0.2) is 47.5 Å². The Hall–Kier alpha value is -2.70. The molecule has 7 heteroatoms. The van der Waals surface area contributed by atoms with Crippen molar-refractivity contribution in [3.05, 3.63) is 63.8 Å². The highest BCUT2D eigenvalue weighted by Gasteiger charge is 2.17. The number of hydrogen-bond acceptors (Lipinski definition) is 4. The SMILES string of the molecule is CCc1nn2c(ncc3c(=O)n(CCO)ccc32)c1-c1ccc(Cl)cc1. The van der Waals surface area contributed by atoms with Gasteiger partial charge in [-0.15, -0.1) is 0 Å². The van der Waals surface area contributed by atoms with E-state index in [4.69, 9.17) is 21.8 Å². The number of aryl methyl sites for hydroxylation is 1. The first-order chi connectivity index (χ1) is 12.6. The summed E-state index contributed by atoms with van der Waals surface area (Å²) in [6.45, 7) is 2.20. The van der Waals surface area contributed by atoms with E-state index in [0.29, 0.717) is 21.6 Å². The molecule has 0 amide bonds. The Morgan fingerprint density at radius 1 is 1.19 bits per heavy atom. The Morgan fingerprint density at radius 3 is 2.65 bits per heavy atom. The van der Waals surface area contributed by atoms with Crippen molar-refractivity contribution in [1.29, 1.82) is 0 Å². The Labute approximate surface area is 154 Å². The molecule has 132 valence electrons. The van der Waals surface area contributed by atoms with Crippen LogP contribution in [-0.4, -0.2) is 30.9 Å². The summed E-state index contributed by atoms with van der Waals surface area (Å²) in [7, 11) is 0. The van der Waals surface area contributed by atoms with Gasteiger partial charge in [0, 0.05) is 29.5 Å². The normalized spacial score (nSPS) is 11.5. The minimum Gasteiger partial charge on any atom is -0.395 e. The fraction of sp³-hybridized carbons (Fsp3) is 0.211. The van der Waals surface area contributed by atoms with Crippen LogP contribution in [-0.2, 0) is 13.0 Å². The highest BCUT2D eigenvalue weighted by molar-refractivity contribution is 6.30. The van der Waals surface area contributed by atoms with E-state index in [0.717, 1.165) is 23.2 Å². The molecule has 0 fully saturated rings. The molecule has 0 aliphatic heterocycles. The molecule has 0 aliphatic carbocycles. The van der Waals surface area contributed by atoms with E-state index in [1.165, 1.54) is 4.57 Å². The molecule has 0 aliphatic rings. The molecule has 4 rings (SSSR count). The maximum Gasteiger partial charge on any atom is 0.261 e. The topological polar surface area (TPSA) is 72.4 Å². The molecule has 0 spiro atoms. The standard InChI is InChI=1S/C19H17ClN4O2/c1-2-15-17(12-3-5-13(20)6-4-12)18-21-11-14-16(24(18)22-15)7-8-23(9-10-25)19(14)26/h3-8,11,25H,2,9-10H2,1H3. The maximum atomic E-state index is 12.6. The number of rotatable bonds is 4. The number of aliphatic hydroxyl groups excluding tert-OH is 1. The molecule has 4 aromatic rings. The second-order valence-electron chi connectivity index (χ2n) is 6.01. The first-order valence-corrected chi connectivity index (χ1v) is 8.78. The molecule has 0 saturated carbocycles. The van der Waals surface area contributed by atoms with Gasteiger partial charge in [0.2, 0.25) is 0 Å². The van der Waals surface area contributed by atoms with Crippen LogP contribution < -0.4 is 5.56 Å². The summed E-state index contributed by atoms with van der Waals surface area (Å²) in [6.07, 6.45) is 4.00. The predicted molar refractivity (Wildman–Crippen MR) is 102 cm³/mol. The lowest BCUT2D eigenvalue weighted by Crippen LogP contribution is -2.21. The van der Waals surface area contributed by atoms with Crippen molar-refractivity contribution in [2.24, 2.45) is 0 Å². The highest BCUT2D eigenvalue weighted by atomic mass is 35.5. The Morgan fingerprint density at radius 2 is 1.96 bits per heavy atom. The van der Waals surface area contributed by atoms with Crippen LogP contribution >= 0.6 is 11.6 Å². The average Bonchev–Trinajstić information content (AvgIpc) is 3.04. The van der Waals surface area contributed by atoms with E-state index in [-0.39, 0.29) is 18.7 Å². The molecule has 0 atom stereocenters. The largest absolute Gasteiger partial charge is 0.395 e. The third-order valence-corrected chi connectivity index (χ3v) is 4.72. The third-order valence-electron chi connectivity index (χ3n) is 4.47.